The molecule has 0 aliphatic carbocycles. The van der Waals surface area contributed by atoms with Crippen LogP contribution in [0.25, 0.3) is 0 Å². The summed E-state index contributed by atoms with van der Waals surface area (Å²) in [5.74, 6) is 1.79. The van der Waals surface area contributed by atoms with Crippen molar-refractivity contribution in [3.8, 4) is 0 Å². The number of sulfone groups is 1. The van der Waals surface area contributed by atoms with E-state index in [4.69, 9.17) is 0 Å². The Hall–Kier alpha value is -0.870. The first-order valence-electron chi connectivity index (χ1n) is 7.85. The molecule has 1 N–H and O–H groups in total. The second-order valence-electron chi connectivity index (χ2n) is 6.89. The van der Waals surface area contributed by atoms with Crippen LogP contribution in [0.1, 0.15) is 39.2 Å². The third-order valence-electron chi connectivity index (χ3n) is 4.36. The molecule has 1 aliphatic rings. The van der Waals surface area contributed by atoms with E-state index in [9.17, 15) is 8.42 Å². The molecule has 0 bridgehead atoms. The highest BCUT2D eigenvalue weighted by Crippen LogP contribution is 2.41. The fraction of sp³-hybridized carbons (Fsp3) is 0.647. The number of hydrogen-bond acceptors (Lipinski definition) is 3. The number of benzene rings is 1. The third-order valence-corrected chi connectivity index (χ3v) is 6.20. The third kappa shape index (κ3) is 3.67. The fourth-order valence-corrected chi connectivity index (χ4v) is 5.17. The predicted octanol–water partition coefficient (Wildman–Crippen LogP) is 3.08. The molecule has 3 nitrogen and oxygen atoms in total. The van der Waals surface area contributed by atoms with Gasteiger partial charge in [0.25, 0.3) is 0 Å². The highest BCUT2D eigenvalue weighted by molar-refractivity contribution is 7.91. The molecule has 0 fully saturated rings. The highest BCUT2D eigenvalue weighted by Gasteiger charge is 2.39. The quantitative estimate of drug-likeness (QED) is 0.878. The maximum Gasteiger partial charge on any atom is 0.179 e. The molecule has 2 rings (SSSR count). The maximum atomic E-state index is 12.4. The Balaban J connectivity index is 2.22. The number of hydrogen-bond donors (Lipinski definition) is 1. The van der Waals surface area contributed by atoms with E-state index in [1.165, 1.54) is 0 Å². The second kappa shape index (κ2) is 6.49. The molecule has 0 amide bonds. The van der Waals surface area contributed by atoms with Gasteiger partial charge in [0.2, 0.25) is 0 Å². The topological polar surface area (TPSA) is 46.2 Å². The molecule has 0 saturated heterocycles. The van der Waals surface area contributed by atoms with Crippen LogP contribution in [-0.2, 0) is 9.84 Å². The number of fused-ring (bicyclic) bond motifs is 1. The summed E-state index contributed by atoms with van der Waals surface area (Å²) >= 11 is 0. The molecule has 1 aromatic rings. The molecule has 2 unspecified atom stereocenters. The normalized spacial score (nSPS) is 21.7. The molecule has 1 aliphatic heterocycles. The van der Waals surface area contributed by atoms with Crippen LogP contribution in [0.2, 0.25) is 0 Å². The van der Waals surface area contributed by atoms with Gasteiger partial charge in [-0.25, -0.2) is 8.42 Å². The van der Waals surface area contributed by atoms with Crippen molar-refractivity contribution in [3.05, 3.63) is 29.8 Å². The summed E-state index contributed by atoms with van der Waals surface area (Å²) in [6.45, 7) is 10.6. The Morgan fingerprint density at radius 3 is 2.43 bits per heavy atom. The molecule has 1 aromatic carbocycles. The maximum absolute atomic E-state index is 12.4. The Kier molecular flexibility index (Phi) is 5.10. The van der Waals surface area contributed by atoms with Crippen molar-refractivity contribution >= 4 is 9.84 Å². The zero-order valence-corrected chi connectivity index (χ0v) is 14.3. The summed E-state index contributed by atoms with van der Waals surface area (Å²) in [6, 6.07) is 7.51. The first kappa shape index (κ1) is 16.5. The fourth-order valence-electron chi connectivity index (χ4n) is 3.22. The first-order chi connectivity index (χ1) is 9.83. The first-order valence-corrected chi connectivity index (χ1v) is 9.50. The Labute approximate surface area is 129 Å². The molecule has 0 saturated carbocycles. The summed E-state index contributed by atoms with van der Waals surface area (Å²) in [4.78, 5) is 0.546. The molecule has 0 spiro atoms. The van der Waals surface area contributed by atoms with Gasteiger partial charge < -0.3 is 5.32 Å². The van der Waals surface area contributed by atoms with Crippen LogP contribution in [0.15, 0.2) is 29.2 Å². The van der Waals surface area contributed by atoms with Crippen LogP contribution in [0.3, 0.4) is 0 Å². The average molecular weight is 309 g/mol. The lowest BCUT2D eigenvalue weighted by molar-refractivity contribution is 0.313. The van der Waals surface area contributed by atoms with E-state index in [0.29, 0.717) is 22.6 Å². The minimum absolute atomic E-state index is 0.117. The van der Waals surface area contributed by atoms with E-state index < -0.39 is 9.84 Å². The van der Waals surface area contributed by atoms with E-state index in [1.807, 2.05) is 18.2 Å². The van der Waals surface area contributed by atoms with Crippen LogP contribution in [0.5, 0.6) is 0 Å². The lowest BCUT2D eigenvalue weighted by atomic mass is 9.80. The molecule has 1 heterocycles. The summed E-state index contributed by atoms with van der Waals surface area (Å²) < 4.78 is 24.7. The van der Waals surface area contributed by atoms with E-state index in [0.717, 1.165) is 18.7 Å². The molecular weight excluding hydrogens is 282 g/mol. The van der Waals surface area contributed by atoms with Crippen LogP contribution < -0.4 is 5.32 Å². The van der Waals surface area contributed by atoms with E-state index in [-0.39, 0.29) is 11.7 Å². The van der Waals surface area contributed by atoms with Gasteiger partial charge in [-0.15, -0.1) is 0 Å². The Bertz CT molecular complexity index is 578. The standard InChI is InChI=1S/C17H27NO2S/c1-12(2)9-18-10-15(13(3)4)16-11-21(19,20)17-8-6-5-7-14(16)17/h5-8,12-13,15-16,18H,9-11H2,1-4H3. The molecular formula is C17H27NO2S. The lowest BCUT2D eigenvalue weighted by Gasteiger charge is -2.28. The van der Waals surface area contributed by atoms with Crippen molar-refractivity contribution in [2.24, 2.45) is 17.8 Å². The van der Waals surface area contributed by atoms with Gasteiger partial charge in [0.1, 0.15) is 0 Å². The van der Waals surface area contributed by atoms with Crippen molar-refractivity contribution < 1.29 is 8.42 Å². The van der Waals surface area contributed by atoms with Crippen molar-refractivity contribution in [1.29, 1.82) is 0 Å². The van der Waals surface area contributed by atoms with Gasteiger partial charge in [0.15, 0.2) is 9.84 Å². The predicted molar refractivity (Wildman–Crippen MR) is 87.3 cm³/mol. The van der Waals surface area contributed by atoms with Gasteiger partial charge in [-0.2, -0.15) is 0 Å². The van der Waals surface area contributed by atoms with Gasteiger partial charge in [0.05, 0.1) is 10.6 Å². The smallest absolute Gasteiger partial charge is 0.179 e. The molecule has 21 heavy (non-hydrogen) atoms. The van der Waals surface area contributed by atoms with Gasteiger partial charge in [-0.3, -0.25) is 0 Å². The van der Waals surface area contributed by atoms with Crippen LogP contribution in [0, 0.1) is 17.8 Å². The van der Waals surface area contributed by atoms with Crippen molar-refractivity contribution in [1.82, 2.24) is 5.32 Å². The van der Waals surface area contributed by atoms with Gasteiger partial charge in [-0.1, -0.05) is 45.9 Å². The molecule has 2 atom stereocenters. The van der Waals surface area contributed by atoms with E-state index >= 15 is 0 Å². The monoisotopic (exact) mass is 309 g/mol. The zero-order chi connectivity index (χ0) is 15.6. The Morgan fingerprint density at radius 2 is 1.81 bits per heavy atom. The molecule has 4 heteroatoms. The molecule has 118 valence electrons. The second-order valence-corrected chi connectivity index (χ2v) is 8.89. The van der Waals surface area contributed by atoms with Crippen LogP contribution >= 0.6 is 0 Å². The average Bonchev–Trinajstić information content (AvgIpc) is 2.67. The summed E-state index contributed by atoms with van der Waals surface area (Å²) in [5.41, 5.74) is 1.02. The van der Waals surface area contributed by atoms with Gasteiger partial charge in [0, 0.05) is 5.92 Å². The largest absolute Gasteiger partial charge is 0.316 e. The zero-order valence-electron chi connectivity index (χ0n) is 13.5. The van der Waals surface area contributed by atoms with Gasteiger partial charge in [-0.05, 0) is 42.5 Å². The lowest BCUT2D eigenvalue weighted by Crippen LogP contribution is -2.33. The summed E-state index contributed by atoms with van der Waals surface area (Å²) in [7, 11) is -3.10. The SMILES string of the molecule is CC(C)CNCC(C(C)C)C1CS(=O)(=O)c2ccccc21. The van der Waals surface area contributed by atoms with Crippen molar-refractivity contribution in [2.45, 2.75) is 38.5 Å². The minimum Gasteiger partial charge on any atom is -0.316 e. The van der Waals surface area contributed by atoms with Crippen LogP contribution in [0.4, 0.5) is 0 Å². The number of rotatable bonds is 6. The van der Waals surface area contributed by atoms with E-state index in [1.54, 1.807) is 6.07 Å². The van der Waals surface area contributed by atoms with E-state index in [2.05, 4.69) is 33.0 Å². The molecule has 0 aromatic heterocycles. The van der Waals surface area contributed by atoms with Gasteiger partial charge >= 0.3 is 0 Å². The minimum atomic E-state index is -3.10. The number of nitrogens with one attached hydrogen (secondary N) is 1. The van der Waals surface area contributed by atoms with Crippen molar-refractivity contribution in [2.75, 3.05) is 18.8 Å². The van der Waals surface area contributed by atoms with Crippen molar-refractivity contribution in [3.63, 3.8) is 0 Å². The Morgan fingerprint density at radius 1 is 1.14 bits per heavy atom. The van der Waals surface area contributed by atoms with Crippen LogP contribution in [-0.4, -0.2) is 27.3 Å². The molecule has 0 radical (unpaired) electrons. The summed E-state index contributed by atoms with van der Waals surface area (Å²) in [5, 5.41) is 3.51. The summed E-state index contributed by atoms with van der Waals surface area (Å²) in [6.07, 6.45) is 0. The highest BCUT2D eigenvalue weighted by atomic mass is 32.2.